The summed E-state index contributed by atoms with van der Waals surface area (Å²) in [5.41, 5.74) is 1.68. The number of amides is 1. The second-order valence-electron chi connectivity index (χ2n) is 6.72. The van der Waals surface area contributed by atoms with Gasteiger partial charge in [-0.25, -0.2) is 9.98 Å². The molecule has 0 saturated carbocycles. The molecule has 1 atom stereocenters. The van der Waals surface area contributed by atoms with Crippen molar-refractivity contribution in [2.24, 2.45) is 4.99 Å². The van der Waals surface area contributed by atoms with Crippen LogP contribution in [0.2, 0.25) is 0 Å². The molecule has 1 aromatic heterocycles. The largest absolute Gasteiger partial charge is 0.357 e. The summed E-state index contributed by atoms with van der Waals surface area (Å²) in [6, 6.07) is 7.81. The molecule has 0 saturated heterocycles. The van der Waals surface area contributed by atoms with Crippen molar-refractivity contribution in [2.45, 2.75) is 53.1 Å². The molecule has 0 aliphatic rings. The van der Waals surface area contributed by atoms with Crippen LogP contribution in [-0.4, -0.2) is 36.0 Å². The van der Waals surface area contributed by atoms with Crippen LogP contribution in [-0.2, 0) is 13.0 Å². The molecule has 2 aromatic rings. The summed E-state index contributed by atoms with van der Waals surface area (Å²) in [6.45, 7) is 10.2. The van der Waals surface area contributed by atoms with Crippen molar-refractivity contribution < 1.29 is 4.79 Å². The van der Waals surface area contributed by atoms with E-state index < -0.39 is 0 Å². The number of aryl methyl sites for hydroxylation is 1. The highest BCUT2D eigenvalue weighted by atomic mass is 127. The standard InChI is InChI=1S/C21H31N5OS.HI/c1-5-15(3)26-20(27)18-9-7-8-17(12-18)14-25-21(22-6-2)23-11-10-19-24-13-16(4)28-19;/h7-9,12-13,15H,5-6,10-11,14H2,1-4H3,(H,26,27)(H2,22,23,25);1H. The zero-order valence-corrected chi connectivity index (χ0v) is 20.8. The number of halogens is 1. The number of carbonyl (C=O) groups is 1. The number of aromatic nitrogens is 1. The Kier molecular flexibility index (Phi) is 11.8. The van der Waals surface area contributed by atoms with E-state index in [4.69, 9.17) is 0 Å². The lowest BCUT2D eigenvalue weighted by molar-refractivity contribution is 0.0939. The summed E-state index contributed by atoms with van der Waals surface area (Å²) in [7, 11) is 0. The Labute approximate surface area is 195 Å². The molecule has 0 radical (unpaired) electrons. The third-order valence-electron chi connectivity index (χ3n) is 4.24. The van der Waals surface area contributed by atoms with Crippen LogP contribution in [0.3, 0.4) is 0 Å². The highest BCUT2D eigenvalue weighted by Crippen LogP contribution is 2.11. The van der Waals surface area contributed by atoms with Gasteiger partial charge in [0.25, 0.3) is 5.91 Å². The minimum absolute atomic E-state index is 0. The predicted octanol–water partition coefficient (Wildman–Crippen LogP) is 3.90. The van der Waals surface area contributed by atoms with Crippen LogP contribution < -0.4 is 16.0 Å². The smallest absolute Gasteiger partial charge is 0.251 e. The molecular weight excluding hydrogens is 497 g/mol. The first-order chi connectivity index (χ1) is 13.5. The number of hydrogen-bond donors (Lipinski definition) is 3. The van der Waals surface area contributed by atoms with Crippen molar-refractivity contribution in [2.75, 3.05) is 13.1 Å². The van der Waals surface area contributed by atoms with E-state index in [1.54, 1.807) is 11.3 Å². The lowest BCUT2D eigenvalue weighted by Gasteiger charge is -2.12. The third kappa shape index (κ3) is 9.12. The fraction of sp³-hybridized carbons (Fsp3) is 0.476. The Morgan fingerprint density at radius 3 is 2.72 bits per heavy atom. The second-order valence-corrected chi connectivity index (χ2v) is 8.04. The summed E-state index contributed by atoms with van der Waals surface area (Å²) in [5, 5.41) is 10.7. The molecule has 0 aliphatic carbocycles. The average molecular weight is 529 g/mol. The molecule has 0 bridgehead atoms. The van der Waals surface area contributed by atoms with Crippen molar-refractivity contribution in [3.8, 4) is 0 Å². The van der Waals surface area contributed by atoms with Crippen LogP contribution >= 0.6 is 35.3 Å². The van der Waals surface area contributed by atoms with Gasteiger partial charge in [0.05, 0.1) is 11.6 Å². The van der Waals surface area contributed by atoms with Crippen LogP contribution in [0, 0.1) is 6.92 Å². The van der Waals surface area contributed by atoms with Crippen LogP contribution in [0.5, 0.6) is 0 Å². The zero-order chi connectivity index (χ0) is 20.4. The van der Waals surface area contributed by atoms with Gasteiger partial charge in [-0.2, -0.15) is 0 Å². The molecule has 6 nitrogen and oxygen atoms in total. The van der Waals surface area contributed by atoms with Crippen LogP contribution in [0.4, 0.5) is 0 Å². The van der Waals surface area contributed by atoms with E-state index in [2.05, 4.69) is 39.8 Å². The van der Waals surface area contributed by atoms with Gasteiger partial charge < -0.3 is 16.0 Å². The van der Waals surface area contributed by atoms with Gasteiger partial charge in [-0.15, -0.1) is 35.3 Å². The van der Waals surface area contributed by atoms with Gasteiger partial charge in [-0.1, -0.05) is 19.1 Å². The van der Waals surface area contributed by atoms with Crippen molar-refractivity contribution in [3.63, 3.8) is 0 Å². The molecule has 0 aliphatic heterocycles. The molecule has 0 spiro atoms. The summed E-state index contributed by atoms with van der Waals surface area (Å²) >= 11 is 1.72. The molecule has 1 unspecified atom stereocenters. The summed E-state index contributed by atoms with van der Waals surface area (Å²) in [4.78, 5) is 22.6. The molecule has 1 amide bonds. The maximum Gasteiger partial charge on any atom is 0.251 e. The van der Waals surface area contributed by atoms with Crippen molar-refractivity contribution in [3.05, 3.63) is 51.5 Å². The molecule has 0 fully saturated rings. The number of nitrogens with one attached hydrogen (secondary N) is 3. The first kappa shape index (κ1) is 25.4. The second kappa shape index (κ2) is 13.5. The molecular formula is C21H32IN5OS. The van der Waals surface area contributed by atoms with Crippen molar-refractivity contribution in [1.29, 1.82) is 0 Å². The van der Waals surface area contributed by atoms with Crippen LogP contribution in [0.25, 0.3) is 0 Å². The maximum absolute atomic E-state index is 12.3. The van der Waals surface area contributed by atoms with Gasteiger partial charge in [0.2, 0.25) is 0 Å². The van der Waals surface area contributed by atoms with Gasteiger partial charge >= 0.3 is 0 Å². The Morgan fingerprint density at radius 2 is 2.07 bits per heavy atom. The van der Waals surface area contributed by atoms with Crippen LogP contribution in [0.15, 0.2) is 35.5 Å². The van der Waals surface area contributed by atoms with E-state index in [-0.39, 0.29) is 35.9 Å². The zero-order valence-electron chi connectivity index (χ0n) is 17.6. The van der Waals surface area contributed by atoms with E-state index in [1.807, 2.05) is 44.3 Å². The summed E-state index contributed by atoms with van der Waals surface area (Å²) in [5.74, 6) is 0.731. The molecule has 1 aromatic carbocycles. The van der Waals surface area contributed by atoms with Crippen molar-refractivity contribution in [1.82, 2.24) is 20.9 Å². The topological polar surface area (TPSA) is 78.4 Å². The fourth-order valence-corrected chi connectivity index (χ4v) is 3.32. The van der Waals surface area contributed by atoms with Crippen molar-refractivity contribution >= 4 is 47.2 Å². The van der Waals surface area contributed by atoms with Gasteiger partial charge in [-0.3, -0.25) is 4.79 Å². The van der Waals surface area contributed by atoms with E-state index in [9.17, 15) is 4.79 Å². The average Bonchev–Trinajstić information content (AvgIpc) is 3.11. The van der Waals surface area contributed by atoms with E-state index in [0.29, 0.717) is 12.1 Å². The molecule has 2 rings (SSSR count). The molecule has 160 valence electrons. The minimum atomic E-state index is -0.0380. The lowest BCUT2D eigenvalue weighted by atomic mass is 10.1. The molecule has 3 N–H and O–H groups in total. The van der Waals surface area contributed by atoms with E-state index in [0.717, 1.165) is 42.5 Å². The molecule has 29 heavy (non-hydrogen) atoms. The van der Waals surface area contributed by atoms with Crippen LogP contribution in [0.1, 0.15) is 53.0 Å². The number of thiazole rings is 1. The SMILES string of the molecule is CCNC(=NCc1cccc(C(=O)NC(C)CC)c1)NCCc1ncc(C)s1.I. The van der Waals surface area contributed by atoms with Gasteiger partial charge in [-0.05, 0) is 44.9 Å². The first-order valence-corrected chi connectivity index (χ1v) is 10.7. The number of nitrogens with zero attached hydrogens (tertiary/aromatic N) is 2. The number of hydrogen-bond acceptors (Lipinski definition) is 4. The number of carbonyl (C=O) groups excluding carboxylic acids is 1. The summed E-state index contributed by atoms with van der Waals surface area (Å²) in [6.07, 6.45) is 3.69. The molecule has 1 heterocycles. The fourth-order valence-electron chi connectivity index (χ4n) is 2.54. The Balaban J connectivity index is 0.00000420. The quantitative estimate of drug-likeness (QED) is 0.262. The normalized spacial score (nSPS) is 12.1. The third-order valence-corrected chi connectivity index (χ3v) is 5.22. The predicted molar refractivity (Wildman–Crippen MR) is 132 cm³/mol. The highest BCUT2D eigenvalue weighted by molar-refractivity contribution is 14.0. The minimum Gasteiger partial charge on any atom is -0.357 e. The Hall–Kier alpha value is -1.68. The maximum atomic E-state index is 12.3. The van der Waals surface area contributed by atoms with E-state index in [1.165, 1.54) is 4.88 Å². The number of benzene rings is 1. The Bertz CT molecular complexity index is 793. The number of aliphatic imine (C=N–C) groups is 1. The van der Waals surface area contributed by atoms with E-state index >= 15 is 0 Å². The summed E-state index contributed by atoms with van der Waals surface area (Å²) < 4.78 is 0. The lowest BCUT2D eigenvalue weighted by Crippen LogP contribution is -2.38. The monoisotopic (exact) mass is 529 g/mol. The molecule has 8 heteroatoms. The van der Waals surface area contributed by atoms with Gasteiger partial charge in [0.1, 0.15) is 0 Å². The number of guanidine groups is 1. The van der Waals surface area contributed by atoms with Gasteiger partial charge in [0.15, 0.2) is 5.96 Å². The highest BCUT2D eigenvalue weighted by Gasteiger charge is 2.09. The van der Waals surface area contributed by atoms with Gasteiger partial charge in [0, 0.05) is 42.2 Å². The first-order valence-electron chi connectivity index (χ1n) is 9.85. The number of rotatable bonds is 9. The Morgan fingerprint density at radius 1 is 1.28 bits per heavy atom.